The average molecular weight is 490 g/mol. The fourth-order valence-corrected chi connectivity index (χ4v) is 6.61. The second-order valence-electron chi connectivity index (χ2n) is 9.50. The molecule has 5 aromatic rings. The SMILES string of the molecule is C=C1c2sc(-n3cc(-c4cccc(-c5ccccc5)c4)nn3)cc2-c2cc(C)cc[n+]2C1(CC)CC. The third-order valence-corrected chi connectivity index (χ3v) is 8.74. The molecule has 1 aliphatic heterocycles. The zero-order valence-electron chi connectivity index (χ0n) is 20.9. The standard InChI is InChI=1S/C31H29N4S/c1-5-31(6-2)22(4)30-26(28-17-21(3)15-16-34(28)31)19-29(36-30)35-20-27(32-33-35)25-14-10-13-24(18-25)23-11-8-7-9-12-23/h7-20H,4-6H2,1-3H3/q+1. The minimum absolute atomic E-state index is 0.108. The predicted molar refractivity (Wildman–Crippen MR) is 148 cm³/mol. The lowest BCUT2D eigenvalue weighted by Crippen LogP contribution is -2.58. The molecule has 0 saturated heterocycles. The van der Waals surface area contributed by atoms with Gasteiger partial charge in [-0.15, -0.1) is 16.4 Å². The van der Waals surface area contributed by atoms with Crippen LogP contribution in [0.2, 0.25) is 0 Å². The van der Waals surface area contributed by atoms with Gasteiger partial charge in [0.15, 0.2) is 11.7 Å². The quantitative estimate of drug-likeness (QED) is 0.240. The molecule has 0 aliphatic carbocycles. The predicted octanol–water partition coefficient (Wildman–Crippen LogP) is 7.47. The van der Waals surface area contributed by atoms with E-state index < -0.39 is 0 Å². The summed E-state index contributed by atoms with van der Waals surface area (Å²) in [6.07, 6.45) is 6.26. The van der Waals surface area contributed by atoms with Crippen LogP contribution < -0.4 is 4.57 Å². The Kier molecular flexibility index (Phi) is 5.45. The van der Waals surface area contributed by atoms with E-state index in [0.29, 0.717) is 0 Å². The second kappa shape index (κ2) is 8.68. The summed E-state index contributed by atoms with van der Waals surface area (Å²) in [7, 11) is 0. The number of rotatable bonds is 5. The molecule has 4 nitrogen and oxygen atoms in total. The highest BCUT2D eigenvalue weighted by Gasteiger charge is 2.47. The number of nitrogens with zero attached hydrogens (tertiary/aromatic N) is 4. The minimum Gasteiger partial charge on any atom is -0.210 e. The van der Waals surface area contributed by atoms with Crippen molar-refractivity contribution >= 4 is 16.9 Å². The van der Waals surface area contributed by atoms with Gasteiger partial charge >= 0.3 is 0 Å². The highest BCUT2D eigenvalue weighted by Crippen LogP contribution is 2.48. The van der Waals surface area contributed by atoms with Gasteiger partial charge in [-0.05, 0) is 35.7 Å². The molecule has 0 N–H and O–H groups in total. The van der Waals surface area contributed by atoms with Gasteiger partial charge in [0.1, 0.15) is 10.7 Å². The van der Waals surface area contributed by atoms with Gasteiger partial charge in [-0.2, -0.15) is 4.57 Å². The highest BCUT2D eigenvalue weighted by molar-refractivity contribution is 7.16. The largest absolute Gasteiger partial charge is 0.215 e. The summed E-state index contributed by atoms with van der Waals surface area (Å²) in [5, 5.41) is 10.1. The van der Waals surface area contributed by atoms with Crippen molar-refractivity contribution in [2.24, 2.45) is 0 Å². The van der Waals surface area contributed by atoms with Gasteiger partial charge in [-0.1, -0.05) is 74.2 Å². The Hall–Kier alpha value is -3.83. The van der Waals surface area contributed by atoms with Gasteiger partial charge in [0.25, 0.3) is 0 Å². The van der Waals surface area contributed by atoms with Crippen molar-refractivity contribution in [1.82, 2.24) is 15.0 Å². The minimum atomic E-state index is -0.108. The Labute approximate surface area is 216 Å². The molecule has 0 saturated carbocycles. The molecule has 5 heteroatoms. The van der Waals surface area contributed by atoms with E-state index in [1.54, 1.807) is 11.3 Å². The second-order valence-corrected chi connectivity index (χ2v) is 10.5. The summed E-state index contributed by atoms with van der Waals surface area (Å²) >= 11 is 1.76. The molecule has 0 bridgehead atoms. The Balaban J connectivity index is 1.42. The van der Waals surface area contributed by atoms with Crippen LogP contribution in [0.1, 0.15) is 37.1 Å². The van der Waals surface area contributed by atoms with Crippen LogP contribution in [0.3, 0.4) is 0 Å². The molecule has 2 aromatic carbocycles. The van der Waals surface area contributed by atoms with Crippen LogP contribution >= 0.6 is 11.3 Å². The zero-order valence-corrected chi connectivity index (χ0v) is 21.7. The normalized spacial score (nSPS) is 13.9. The molecular formula is C31H29N4S+. The van der Waals surface area contributed by atoms with E-state index in [2.05, 4.69) is 115 Å². The Morgan fingerprint density at radius 3 is 2.44 bits per heavy atom. The van der Waals surface area contributed by atoms with Crippen molar-refractivity contribution in [3.63, 3.8) is 0 Å². The van der Waals surface area contributed by atoms with Crippen molar-refractivity contribution in [1.29, 1.82) is 0 Å². The first kappa shape index (κ1) is 22.6. The van der Waals surface area contributed by atoms with Gasteiger partial charge < -0.3 is 0 Å². The summed E-state index contributed by atoms with van der Waals surface area (Å²) < 4.78 is 4.34. The smallest absolute Gasteiger partial charge is 0.210 e. The van der Waals surface area contributed by atoms with Crippen molar-refractivity contribution in [3.05, 3.63) is 102 Å². The number of aryl methyl sites for hydroxylation is 1. The van der Waals surface area contributed by atoms with Crippen molar-refractivity contribution < 1.29 is 4.57 Å². The van der Waals surface area contributed by atoms with Crippen LogP contribution in [0.15, 0.2) is 91.8 Å². The van der Waals surface area contributed by atoms with Crippen LogP contribution in [-0.4, -0.2) is 15.0 Å². The maximum atomic E-state index is 4.61. The highest BCUT2D eigenvalue weighted by atomic mass is 32.1. The van der Waals surface area contributed by atoms with Crippen molar-refractivity contribution in [3.8, 4) is 38.6 Å². The maximum absolute atomic E-state index is 4.61. The summed E-state index contributed by atoms with van der Waals surface area (Å²) in [6.45, 7) is 11.3. The molecule has 0 fully saturated rings. The number of benzene rings is 2. The average Bonchev–Trinajstić information content (AvgIpc) is 3.59. The molecule has 0 amide bonds. The summed E-state index contributed by atoms with van der Waals surface area (Å²) in [5.74, 6) is 0. The van der Waals surface area contributed by atoms with E-state index in [1.807, 2.05) is 16.9 Å². The van der Waals surface area contributed by atoms with E-state index in [1.165, 1.54) is 38.4 Å². The van der Waals surface area contributed by atoms with Crippen molar-refractivity contribution in [2.45, 2.75) is 39.2 Å². The van der Waals surface area contributed by atoms with Crippen LogP contribution in [0.4, 0.5) is 0 Å². The van der Waals surface area contributed by atoms with Crippen LogP contribution in [0.5, 0.6) is 0 Å². The number of hydrogen-bond donors (Lipinski definition) is 0. The Bertz CT molecular complexity index is 1590. The topological polar surface area (TPSA) is 34.6 Å². The van der Waals surface area contributed by atoms with E-state index in [0.717, 1.165) is 29.1 Å². The Morgan fingerprint density at radius 2 is 1.67 bits per heavy atom. The number of hydrogen-bond acceptors (Lipinski definition) is 3. The van der Waals surface area contributed by atoms with E-state index in [9.17, 15) is 0 Å². The molecule has 178 valence electrons. The number of allylic oxidation sites excluding steroid dienone is 1. The fourth-order valence-electron chi connectivity index (χ4n) is 5.46. The third kappa shape index (κ3) is 3.46. The van der Waals surface area contributed by atoms with E-state index in [-0.39, 0.29) is 5.54 Å². The number of aromatic nitrogens is 4. The maximum Gasteiger partial charge on any atom is 0.215 e. The lowest BCUT2D eigenvalue weighted by molar-refractivity contribution is -0.741. The molecular weight excluding hydrogens is 460 g/mol. The van der Waals surface area contributed by atoms with E-state index in [4.69, 9.17) is 0 Å². The molecule has 0 unspecified atom stereocenters. The van der Waals surface area contributed by atoms with Gasteiger partial charge in [0, 0.05) is 36.1 Å². The summed E-state index contributed by atoms with van der Waals surface area (Å²) in [4.78, 5) is 1.25. The van der Waals surface area contributed by atoms with Crippen LogP contribution in [-0.2, 0) is 5.54 Å². The van der Waals surface area contributed by atoms with Gasteiger partial charge in [0.2, 0.25) is 5.69 Å². The first-order chi connectivity index (χ1) is 17.5. The molecule has 3 aromatic heterocycles. The van der Waals surface area contributed by atoms with E-state index >= 15 is 0 Å². The first-order valence-corrected chi connectivity index (χ1v) is 13.3. The first-order valence-electron chi connectivity index (χ1n) is 12.5. The molecule has 0 radical (unpaired) electrons. The molecule has 0 spiro atoms. The molecule has 0 atom stereocenters. The van der Waals surface area contributed by atoms with Gasteiger partial charge in [-0.25, -0.2) is 4.68 Å². The Morgan fingerprint density at radius 1 is 0.917 bits per heavy atom. The molecule has 1 aliphatic rings. The van der Waals surface area contributed by atoms with Crippen molar-refractivity contribution in [2.75, 3.05) is 0 Å². The number of thiophene rings is 1. The van der Waals surface area contributed by atoms with Gasteiger partial charge in [0.05, 0.1) is 16.6 Å². The fraction of sp³-hybridized carbons (Fsp3) is 0.194. The zero-order chi connectivity index (χ0) is 24.9. The molecule has 6 rings (SSSR count). The van der Waals surface area contributed by atoms with Crippen LogP contribution in [0.25, 0.3) is 44.2 Å². The lowest BCUT2D eigenvalue weighted by Gasteiger charge is -2.33. The van der Waals surface area contributed by atoms with Crippen LogP contribution in [0, 0.1) is 6.92 Å². The third-order valence-electron chi connectivity index (χ3n) is 7.56. The van der Waals surface area contributed by atoms with Gasteiger partial charge in [-0.3, -0.25) is 0 Å². The monoisotopic (exact) mass is 489 g/mol. The number of pyridine rings is 1. The number of fused-ring (bicyclic) bond motifs is 3. The molecule has 36 heavy (non-hydrogen) atoms. The lowest BCUT2D eigenvalue weighted by atomic mass is 9.79. The summed E-state index contributed by atoms with van der Waals surface area (Å²) in [6, 6.07) is 25.6. The molecule has 4 heterocycles. The summed E-state index contributed by atoms with van der Waals surface area (Å²) in [5.41, 5.74) is 9.10.